The fourth-order valence-corrected chi connectivity index (χ4v) is 2.95. The van der Waals surface area contributed by atoms with Gasteiger partial charge < -0.3 is 9.15 Å². The topological polar surface area (TPSA) is 117 Å². The molecule has 0 saturated heterocycles. The van der Waals surface area contributed by atoms with Crippen molar-refractivity contribution in [2.45, 2.75) is 6.54 Å². The molecule has 2 aromatic carbocycles. The van der Waals surface area contributed by atoms with Gasteiger partial charge in [-0.1, -0.05) is 24.3 Å². The van der Waals surface area contributed by atoms with Crippen LogP contribution in [0.1, 0.15) is 10.6 Å². The van der Waals surface area contributed by atoms with Crippen LogP contribution >= 0.6 is 0 Å². The summed E-state index contributed by atoms with van der Waals surface area (Å²) in [5.74, 6) is -0.436. The summed E-state index contributed by atoms with van der Waals surface area (Å²) in [7, 11) is 0. The van der Waals surface area contributed by atoms with Crippen LogP contribution in [0.4, 0.5) is 5.69 Å². The van der Waals surface area contributed by atoms with Crippen molar-refractivity contribution in [1.82, 2.24) is 9.55 Å². The first-order valence-electron chi connectivity index (χ1n) is 8.99. The highest BCUT2D eigenvalue weighted by atomic mass is 16.6. The Morgan fingerprint density at radius 3 is 2.80 bits per heavy atom. The normalized spacial score (nSPS) is 10.8. The molecule has 0 saturated carbocycles. The van der Waals surface area contributed by atoms with E-state index in [0.717, 1.165) is 0 Å². The van der Waals surface area contributed by atoms with Crippen LogP contribution in [0.5, 0.6) is 0 Å². The van der Waals surface area contributed by atoms with Crippen molar-refractivity contribution < 1.29 is 18.9 Å². The van der Waals surface area contributed by atoms with Gasteiger partial charge in [-0.2, -0.15) is 0 Å². The lowest BCUT2D eigenvalue weighted by Gasteiger charge is -2.07. The van der Waals surface area contributed by atoms with E-state index in [0.29, 0.717) is 22.2 Å². The summed E-state index contributed by atoms with van der Waals surface area (Å²) in [5, 5.41) is 11.4. The number of hydrogen-bond acceptors (Lipinski definition) is 7. The third-order valence-corrected chi connectivity index (χ3v) is 4.45. The van der Waals surface area contributed by atoms with Gasteiger partial charge in [-0.3, -0.25) is 19.5 Å². The van der Waals surface area contributed by atoms with Crippen LogP contribution in [0.25, 0.3) is 22.2 Å². The number of nitro benzene ring substituents is 1. The number of furan rings is 1. The van der Waals surface area contributed by atoms with Crippen molar-refractivity contribution in [3.63, 3.8) is 0 Å². The van der Waals surface area contributed by atoms with E-state index in [1.54, 1.807) is 30.3 Å². The summed E-state index contributed by atoms with van der Waals surface area (Å²) in [4.78, 5) is 39.3. The molecule has 0 atom stereocenters. The Balaban J connectivity index is 1.42. The highest BCUT2D eigenvalue weighted by molar-refractivity contribution is 5.87. The maximum atomic E-state index is 12.4. The zero-order valence-corrected chi connectivity index (χ0v) is 15.6. The van der Waals surface area contributed by atoms with Crippen LogP contribution in [-0.4, -0.2) is 27.1 Å². The summed E-state index contributed by atoms with van der Waals surface area (Å²) >= 11 is 0. The quantitative estimate of drug-likeness (QED) is 0.274. The van der Waals surface area contributed by atoms with E-state index in [2.05, 4.69) is 4.98 Å². The average molecular weight is 405 g/mol. The number of carbonyl (C=O) groups is 1. The van der Waals surface area contributed by atoms with Crippen LogP contribution in [0, 0.1) is 10.1 Å². The maximum absolute atomic E-state index is 12.4. The number of fused-ring (bicyclic) bond motifs is 1. The van der Waals surface area contributed by atoms with E-state index in [9.17, 15) is 19.7 Å². The first-order valence-corrected chi connectivity index (χ1v) is 8.99. The van der Waals surface area contributed by atoms with E-state index in [-0.39, 0.29) is 30.2 Å². The molecule has 30 heavy (non-hydrogen) atoms. The molecule has 0 bridgehead atoms. The van der Waals surface area contributed by atoms with Crippen LogP contribution in [-0.2, 0) is 11.3 Å². The Hall–Kier alpha value is -4.27. The van der Waals surface area contributed by atoms with Gasteiger partial charge in [-0.05, 0) is 24.3 Å². The molecule has 0 aliphatic carbocycles. The van der Waals surface area contributed by atoms with E-state index >= 15 is 0 Å². The second-order valence-electron chi connectivity index (χ2n) is 6.37. The Kier molecular flexibility index (Phi) is 5.08. The number of hydrogen-bond donors (Lipinski definition) is 0. The Morgan fingerprint density at radius 2 is 1.97 bits per heavy atom. The summed E-state index contributed by atoms with van der Waals surface area (Å²) in [5.41, 5.74) is 0.766. The number of carbonyl (C=O) groups excluding carboxylic acids is 1. The smallest absolute Gasteiger partial charge is 0.374 e. The largest absolute Gasteiger partial charge is 0.458 e. The van der Waals surface area contributed by atoms with Crippen LogP contribution < -0.4 is 5.56 Å². The lowest BCUT2D eigenvalue weighted by Crippen LogP contribution is -2.23. The van der Waals surface area contributed by atoms with Crippen LogP contribution in [0.2, 0.25) is 0 Å². The molecule has 0 spiro atoms. The Morgan fingerprint density at radius 1 is 1.13 bits per heavy atom. The van der Waals surface area contributed by atoms with Gasteiger partial charge in [0, 0.05) is 17.7 Å². The molecule has 9 heteroatoms. The summed E-state index contributed by atoms with van der Waals surface area (Å²) in [6.45, 7) is 0.0897. The third-order valence-electron chi connectivity index (χ3n) is 4.45. The van der Waals surface area contributed by atoms with Gasteiger partial charge in [0.05, 0.1) is 28.7 Å². The number of aromatic nitrogens is 2. The lowest BCUT2D eigenvalue weighted by atomic mass is 10.1. The molecule has 4 rings (SSSR count). The average Bonchev–Trinajstić information content (AvgIpc) is 3.26. The second kappa shape index (κ2) is 8.00. The third kappa shape index (κ3) is 3.81. The molecular weight excluding hydrogens is 390 g/mol. The fraction of sp³-hybridized carbons (Fsp3) is 0.0952. The zero-order chi connectivity index (χ0) is 21.1. The van der Waals surface area contributed by atoms with E-state index in [4.69, 9.17) is 9.15 Å². The first kappa shape index (κ1) is 19.1. The number of non-ortho nitro benzene ring substituents is 1. The monoisotopic (exact) mass is 405 g/mol. The van der Waals surface area contributed by atoms with Crippen molar-refractivity contribution in [2.75, 3.05) is 6.61 Å². The molecule has 0 amide bonds. The molecule has 2 heterocycles. The minimum atomic E-state index is -0.700. The van der Waals surface area contributed by atoms with Crippen LogP contribution in [0.3, 0.4) is 0 Å². The molecule has 0 fully saturated rings. The SMILES string of the molecule is O=C(OCCn1cnc2ccccc2c1=O)c1ccc(-c2cccc([N+](=O)[O-])c2)o1. The summed E-state index contributed by atoms with van der Waals surface area (Å²) in [6.07, 6.45) is 1.41. The number of benzene rings is 2. The van der Waals surface area contributed by atoms with Crippen molar-refractivity contribution in [3.8, 4) is 11.3 Å². The number of esters is 1. The minimum absolute atomic E-state index is 0.0412. The molecule has 0 unspecified atom stereocenters. The number of para-hydroxylation sites is 1. The predicted molar refractivity (Wildman–Crippen MR) is 107 cm³/mol. The van der Waals surface area contributed by atoms with Crippen molar-refractivity contribution in [1.29, 1.82) is 0 Å². The van der Waals surface area contributed by atoms with Crippen molar-refractivity contribution in [2.24, 2.45) is 0 Å². The number of rotatable bonds is 6. The molecule has 2 aromatic heterocycles. The number of nitro groups is 1. The Bertz CT molecular complexity index is 1310. The summed E-state index contributed by atoms with van der Waals surface area (Å²) in [6, 6.07) is 15.8. The van der Waals surface area contributed by atoms with E-state index in [1.807, 2.05) is 0 Å². The molecule has 0 radical (unpaired) electrons. The van der Waals surface area contributed by atoms with Crippen molar-refractivity contribution in [3.05, 3.63) is 93.2 Å². The summed E-state index contributed by atoms with van der Waals surface area (Å²) < 4.78 is 12.0. The maximum Gasteiger partial charge on any atom is 0.374 e. The Labute approximate surface area is 169 Å². The minimum Gasteiger partial charge on any atom is -0.458 e. The highest BCUT2D eigenvalue weighted by Crippen LogP contribution is 2.26. The number of ether oxygens (including phenoxy) is 1. The van der Waals surface area contributed by atoms with Gasteiger partial charge in [0.15, 0.2) is 0 Å². The number of nitrogens with zero attached hydrogens (tertiary/aromatic N) is 3. The lowest BCUT2D eigenvalue weighted by molar-refractivity contribution is -0.384. The molecule has 9 nitrogen and oxygen atoms in total. The second-order valence-corrected chi connectivity index (χ2v) is 6.37. The van der Waals surface area contributed by atoms with Gasteiger partial charge in [0.25, 0.3) is 11.2 Å². The molecule has 150 valence electrons. The highest BCUT2D eigenvalue weighted by Gasteiger charge is 2.15. The molecule has 0 N–H and O–H groups in total. The van der Waals surface area contributed by atoms with Gasteiger partial charge in [0.2, 0.25) is 5.76 Å². The predicted octanol–water partition coefficient (Wildman–Crippen LogP) is 3.42. The molecule has 4 aromatic rings. The van der Waals surface area contributed by atoms with Crippen molar-refractivity contribution >= 4 is 22.6 Å². The van der Waals surface area contributed by atoms with Gasteiger partial charge in [-0.25, -0.2) is 9.78 Å². The van der Waals surface area contributed by atoms with Gasteiger partial charge >= 0.3 is 5.97 Å². The fourth-order valence-electron chi connectivity index (χ4n) is 2.95. The standard InChI is InChI=1S/C21H15N3O6/c25-20-16-6-1-2-7-17(16)22-13-23(20)10-11-29-21(26)19-9-8-18(30-19)14-4-3-5-15(12-14)24(27)28/h1-9,12-13H,10-11H2. The van der Waals surface area contributed by atoms with Crippen LogP contribution in [0.15, 0.2) is 76.2 Å². The molecule has 0 aliphatic heterocycles. The van der Waals surface area contributed by atoms with E-state index in [1.165, 1.54) is 41.2 Å². The van der Waals surface area contributed by atoms with Gasteiger partial charge in [-0.15, -0.1) is 0 Å². The van der Waals surface area contributed by atoms with Gasteiger partial charge in [0.1, 0.15) is 12.4 Å². The van der Waals surface area contributed by atoms with E-state index < -0.39 is 10.9 Å². The first-order chi connectivity index (χ1) is 14.5. The molecular formula is C21H15N3O6. The molecule has 0 aliphatic rings. The zero-order valence-electron chi connectivity index (χ0n) is 15.6.